The van der Waals surface area contributed by atoms with Crippen molar-refractivity contribution in [3.63, 3.8) is 0 Å². The van der Waals surface area contributed by atoms with Gasteiger partial charge in [0.1, 0.15) is 5.75 Å². The van der Waals surface area contributed by atoms with Crippen molar-refractivity contribution in [2.75, 3.05) is 13.1 Å². The van der Waals surface area contributed by atoms with Gasteiger partial charge in [0, 0.05) is 50.2 Å². The van der Waals surface area contributed by atoms with E-state index in [9.17, 15) is 9.90 Å². The number of likely N-dealkylation sites (tertiary alicyclic amines) is 1. The SMILES string of the molecule is CCCCCc1ccc(C(=O)N(Cc2ccc(-c3cccnc3)cc2)C2CCN(Cc3ccc(O)cc3)CC2)cc1. The van der Waals surface area contributed by atoms with Gasteiger partial charge in [-0.1, -0.05) is 74.4 Å². The summed E-state index contributed by atoms with van der Waals surface area (Å²) in [5.74, 6) is 0.405. The lowest BCUT2D eigenvalue weighted by Crippen LogP contribution is -2.46. The molecule has 0 bridgehead atoms. The number of phenols is 1. The number of nitrogens with zero attached hydrogens (tertiary/aromatic N) is 3. The molecule has 1 aliphatic heterocycles. The lowest BCUT2D eigenvalue weighted by atomic mass is 9.99. The molecular weight excluding hydrogens is 506 g/mol. The van der Waals surface area contributed by atoms with Crippen LogP contribution in [0.2, 0.25) is 0 Å². The van der Waals surface area contributed by atoms with Gasteiger partial charge in [-0.2, -0.15) is 0 Å². The van der Waals surface area contributed by atoms with Crippen molar-refractivity contribution in [3.8, 4) is 16.9 Å². The molecule has 1 aliphatic rings. The Morgan fingerprint density at radius 1 is 0.854 bits per heavy atom. The monoisotopic (exact) mass is 547 g/mol. The molecule has 212 valence electrons. The molecule has 5 nitrogen and oxygen atoms in total. The molecular formula is C36H41N3O2. The highest BCUT2D eigenvalue weighted by molar-refractivity contribution is 5.94. The number of aryl methyl sites for hydroxylation is 1. The number of phenolic OH excluding ortho intramolecular Hbond substituents is 1. The van der Waals surface area contributed by atoms with Crippen molar-refractivity contribution in [3.05, 3.63) is 120 Å². The smallest absolute Gasteiger partial charge is 0.254 e. The van der Waals surface area contributed by atoms with Crippen LogP contribution in [0.4, 0.5) is 0 Å². The van der Waals surface area contributed by atoms with Crippen molar-refractivity contribution in [2.24, 2.45) is 0 Å². The van der Waals surface area contributed by atoms with E-state index >= 15 is 0 Å². The second-order valence-electron chi connectivity index (χ2n) is 11.2. The van der Waals surface area contributed by atoms with Gasteiger partial charge in [-0.3, -0.25) is 14.7 Å². The summed E-state index contributed by atoms with van der Waals surface area (Å²) in [5.41, 5.74) is 6.61. The van der Waals surface area contributed by atoms with Crippen LogP contribution in [0.1, 0.15) is 66.1 Å². The molecule has 0 radical (unpaired) electrons. The summed E-state index contributed by atoms with van der Waals surface area (Å²) in [4.78, 5) is 22.8. The maximum atomic E-state index is 14.0. The summed E-state index contributed by atoms with van der Waals surface area (Å²) in [6, 6.07) is 28.5. The second-order valence-corrected chi connectivity index (χ2v) is 11.2. The Balaban J connectivity index is 1.30. The summed E-state index contributed by atoms with van der Waals surface area (Å²) >= 11 is 0. The fourth-order valence-corrected chi connectivity index (χ4v) is 5.71. The zero-order valence-electron chi connectivity index (χ0n) is 24.1. The first-order valence-electron chi connectivity index (χ1n) is 15.0. The van der Waals surface area contributed by atoms with Crippen molar-refractivity contribution in [1.29, 1.82) is 0 Å². The molecule has 1 saturated heterocycles. The topological polar surface area (TPSA) is 56.7 Å². The molecule has 0 unspecified atom stereocenters. The molecule has 1 fully saturated rings. The van der Waals surface area contributed by atoms with Crippen LogP contribution in [0, 0.1) is 0 Å². The number of rotatable bonds is 11. The van der Waals surface area contributed by atoms with Crippen LogP contribution in [-0.2, 0) is 19.5 Å². The van der Waals surface area contributed by atoms with Crippen molar-refractivity contribution < 1.29 is 9.90 Å². The average molecular weight is 548 g/mol. The normalized spacial score (nSPS) is 14.2. The van der Waals surface area contributed by atoms with Gasteiger partial charge >= 0.3 is 0 Å². The summed E-state index contributed by atoms with van der Waals surface area (Å²) < 4.78 is 0. The number of aromatic nitrogens is 1. The number of unbranched alkanes of at least 4 members (excludes halogenated alkanes) is 2. The third-order valence-corrected chi connectivity index (χ3v) is 8.17. The molecule has 2 heterocycles. The van der Waals surface area contributed by atoms with E-state index in [0.29, 0.717) is 12.3 Å². The number of piperidine rings is 1. The highest BCUT2D eigenvalue weighted by atomic mass is 16.3. The van der Waals surface area contributed by atoms with Gasteiger partial charge in [0.25, 0.3) is 5.91 Å². The van der Waals surface area contributed by atoms with Crippen LogP contribution in [-0.4, -0.2) is 44.9 Å². The summed E-state index contributed by atoms with van der Waals surface area (Å²) in [6.07, 6.45) is 10.2. The van der Waals surface area contributed by atoms with Gasteiger partial charge < -0.3 is 10.0 Å². The number of carbonyl (C=O) groups is 1. The highest BCUT2D eigenvalue weighted by Gasteiger charge is 2.29. The highest BCUT2D eigenvalue weighted by Crippen LogP contribution is 2.25. The minimum absolute atomic E-state index is 0.110. The van der Waals surface area contributed by atoms with E-state index in [-0.39, 0.29) is 11.9 Å². The lowest BCUT2D eigenvalue weighted by molar-refractivity contribution is 0.0543. The number of benzene rings is 3. The van der Waals surface area contributed by atoms with E-state index in [1.165, 1.54) is 30.4 Å². The first-order valence-corrected chi connectivity index (χ1v) is 15.0. The lowest BCUT2D eigenvalue weighted by Gasteiger charge is -2.39. The zero-order valence-corrected chi connectivity index (χ0v) is 24.1. The fourth-order valence-electron chi connectivity index (χ4n) is 5.71. The fraction of sp³-hybridized carbons (Fsp3) is 0.333. The molecule has 0 saturated carbocycles. The van der Waals surface area contributed by atoms with E-state index in [2.05, 4.69) is 64.2 Å². The predicted molar refractivity (Wildman–Crippen MR) is 166 cm³/mol. The molecule has 1 N–H and O–H groups in total. The van der Waals surface area contributed by atoms with Crippen molar-refractivity contribution in [2.45, 2.75) is 64.6 Å². The third-order valence-electron chi connectivity index (χ3n) is 8.17. The molecule has 1 amide bonds. The summed E-state index contributed by atoms with van der Waals surface area (Å²) in [6.45, 7) is 5.54. The molecule has 41 heavy (non-hydrogen) atoms. The number of hydrogen-bond donors (Lipinski definition) is 1. The Morgan fingerprint density at radius 2 is 1.54 bits per heavy atom. The molecule has 0 atom stereocenters. The van der Waals surface area contributed by atoms with Gasteiger partial charge in [-0.15, -0.1) is 0 Å². The largest absolute Gasteiger partial charge is 0.508 e. The van der Waals surface area contributed by atoms with E-state index in [0.717, 1.165) is 61.2 Å². The first kappa shape index (κ1) is 28.6. The minimum Gasteiger partial charge on any atom is -0.508 e. The molecule has 0 aliphatic carbocycles. The Hall–Kier alpha value is -3.96. The van der Waals surface area contributed by atoms with E-state index < -0.39 is 0 Å². The molecule has 5 rings (SSSR count). The Kier molecular flexibility index (Phi) is 9.82. The van der Waals surface area contributed by atoms with Gasteiger partial charge in [0.15, 0.2) is 0 Å². The second kappa shape index (κ2) is 14.1. The Labute approximate surface area is 244 Å². The van der Waals surface area contributed by atoms with E-state index in [1.807, 2.05) is 36.5 Å². The molecule has 0 spiro atoms. The summed E-state index contributed by atoms with van der Waals surface area (Å²) in [7, 11) is 0. The van der Waals surface area contributed by atoms with Crippen LogP contribution in [0.3, 0.4) is 0 Å². The van der Waals surface area contributed by atoms with Crippen LogP contribution in [0.5, 0.6) is 5.75 Å². The average Bonchev–Trinajstić information content (AvgIpc) is 3.02. The first-order chi connectivity index (χ1) is 20.1. The molecule has 1 aromatic heterocycles. The zero-order chi connectivity index (χ0) is 28.4. The van der Waals surface area contributed by atoms with Gasteiger partial charge in [0.2, 0.25) is 0 Å². The van der Waals surface area contributed by atoms with Gasteiger partial charge in [-0.05, 0) is 83.8 Å². The molecule has 5 heteroatoms. The molecule has 4 aromatic rings. The molecule has 3 aromatic carbocycles. The van der Waals surface area contributed by atoms with Crippen LogP contribution in [0.15, 0.2) is 97.3 Å². The van der Waals surface area contributed by atoms with E-state index in [1.54, 1.807) is 18.3 Å². The standard InChI is InChI=1S/C36H41N3O2/c1-2-3-4-6-28-8-16-32(17-9-28)36(41)39(27-30-10-14-31(15-11-30)33-7-5-22-37-25-33)34-20-23-38(24-21-34)26-29-12-18-35(40)19-13-29/h5,7-19,22,25,34,40H,2-4,6,20-21,23-24,26-27H2,1H3. The number of aromatic hydroxyl groups is 1. The number of hydrogen-bond acceptors (Lipinski definition) is 4. The van der Waals surface area contributed by atoms with E-state index in [4.69, 9.17) is 0 Å². The Bertz CT molecular complexity index is 1360. The number of pyridine rings is 1. The predicted octanol–water partition coefficient (Wildman–Crippen LogP) is 7.49. The van der Waals surface area contributed by atoms with Gasteiger partial charge in [0.05, 0.1) is 0 Å². The Morgan fingerprint density at radius 3 is 2.20 bits per heavy atom. The van der Waals surface area contributed by atoms with Crippen molar-refractivity contribution >= 4 is 5.91 Å². The number of amides is 1. The third kappa shape index (κ3) is 7.83. The quantitative estimate of drug-likeness (QED) is 0.198. The van der Waals surface area contributed by atoms with Crippen LogP contribution < -0.4 is 0 Å². The van der Waals surface area contributed by atoms with Gasteiger partial charge in [-0.25, -0.2) is 0 Å². The maximum Gasteiger partial charge on any atom is 0.254 e. The van der Waals surface area contributed by atoms with Crippen LogP contribution in [0.25, 0.3) is 11.1 Å². The number of carbonyl (C=O) groups excluding carboxylic acids is 1. The summed E-state index contributed by atoms with van der Waals surface area (Å²) in [5, 5.41) is 9.61. The van der Waals surface area contributed by atoms with Crippen LogP contribution >= 0.6 is 0 Å². The van der Waals surface area contributed by atoms with Crippen molar-refractivity contribution in [1.82, 2.24) is 14.8 Å². The maximum absolute atomic E-state index is 14.0. The minimum atomic E-state index is 0.110.